The number of benzene rings is 1. The van der Waals surface area contributed by atoms with E-state index in [9.17, 15) is 14.7 Å². The Morgan fingerprint density at radius 2 is 1.92 bits per heavy atom. The maximum Gasteiger partial charge on any atom is 0.251 e. The standard InChI is InChI=1S/C20H26N2O3/c1-14-11-17(23)22(16-8-6-5-7-15(14)16)12-18(24)21-10-9-20(4,25)19(2,3)13-21/h5-8,11,25H,9-10,12-13H2,1-4H3/t20-/m1/s1. The molecule has 0 bridgehead atoms. The van der Waals surface area contributed by atoms with E-state index < -0.39 is 5.60 Å². The first kappa shape index (κ1) is 17.7. The van der Waals surface area contributed by atoms with Gasteiger partial charge in [-0.1, -0.05) is 32.0 Å². The number of fused-ring (bicyclic) bond motifs is 1. The van der Waals surface area contributed by atoms with Gasteiger partial charge in [0.15, 0.2) is 0 Å². The smallest absolute Gasteiger partial charge is 0.251 e. The summed E-state index contributed by atoms with van der Waals surface area (Å²) in [6.07, 6.45) is 0.537. The van der Waals surface area contributed by atoms with E-state index in [1.54, 1.807) is 15.5 Å². The molecule has 3 rings (SSSR count). The highest BCUT2D eigenvalue weighted by Gasteiger charge is 2.45. The van der Waals surface area contributed by atoms with Gasteiger partial charge < -0.3 is 10.0 Å². The normalized spacial score (nSPS) is 23.0. The molecule has 2 heterocycles. The van der Waals surface area contributed by atoms with E-state index in [1.807, 2.05) is 52.0 Å². The summed E-state index contributed by atoms with van der Waals surface area (Å²) in [5, 5.41) is 11.5. The number of aromatic nitrogens is 1. The van der Waals surface area contributed by atoms with Crippen LogP contribution in [0, 0.1) is 12.3 Å². The second kappa shape index (κ2) is 5.99. The van der Waals surface area contributed by atoms with E-state index in [-0.39, 0.29) is 23.4 Å². The van der Waals surface area contributed by atoms with Crippen molar-refractivity contribution in [2.24, 2.45) is 5.41 Å². The van der Waals surface area contributed by atoms with Gasteiger partial charge in [-0.05, 0) is 31.9 Å². The van der Waals surface area contributed by atoms with Gasteiger partial charge >= 0.3 is 0 Å². The zero-order valence-corrected chi connectivity index (χ0v) is 15.4. The number of aliphatic hydroxyl groups is 1. The van der Waals surface area contributed by atoms with Crippen molar-refractivity contribution >= 4 is 16.8 Å². The Hall–Kier alpha value is -2.14. The fourth-order valence-corrected chi connectivity index (χ4v) is 3.53. The average molecular weight is 342 g/mol. The number of pyridine rings is 1. The molecule has 0 saturated carbocycles. The van der Waals surface area contributed by atoms with Gasteiger partial charge in [-0.2, -0.15) is 0 Å². The van der Waals surface area contributed by atoms with Gasteiger partial charge in [-0.15, -0.1) is 0 Å². The number of hydrogen-bond donors (Lipinski definition) is 1. The average Bonchev–Trinajstić information content (AvgIpc) is 2.54. The molecule has 1 atom stereocenters. The molecule has 5 heteroatoms. The van der Waals surface area contributed by atoms with E-state index >= 15 is 0 Å². The molecule has 0 aliphatic carbocycles. The number of aryl methyl sites for hydroxylation is 1. The first-order chi connectivity index (χ1) is 11.6. The number of carbonyl (C=O) groups excluding carboxylic acids is 1. The minimum Gasteiger partial charge on any atom is -0.389 e. The fourth-order valence-electron chi connectivity index (χ4n) is 3.53. The molecule has 1 aliphatic heterocycles. The molecule has 1 amide bonds. The van der Waals surface area contributed by atoms with E-state index in [0.717, 1.165) is 16.5 Å². The van der Waals surface area contributed by atoms with Gasteiger partial charge in [-0.25, -0.2) is 0 Å². The first-order valence-electron chi connectivity index (χ1n) is 8.72. The Balaban J connectivity index is 1.90. The molecule has 1 fully saturated rings. The maximum atomic E-state index is 12.8. The Morgan fingerprint density at radius 1 is 1.24 bits per heavy atom. The van der Waals surface area contributed by atoms with Gasteiger partial charge in [0.1, 0.15) is 6.54 Å². The summed E-state index contributed by atoms with van der Waals surface area (Å²) >= 11 is 0. The van der Waals surface area contributed by atoms with Crippen molar-refractivity contribution in [2.45, 2.75) is 46.3 Å². The van der Waals surface area contributed by atoms with Crippen LogP contribution in [0.5, 0.6) is 0 Å². The Morgan fingerprint density at radius 3 is 2.60 bits per heavy atom. The van der Waals surface area contributed by atoms with Crippen LogP contribution in [0.25, 0.3) is 10.9 Å². The summed E-state index contributed by atoms with van der Waals surface area (Å²) in [5.41, 5.74) is 0.356. The van der Waals surface area contributed by atoms with Crippen LogP contribution in [-0.4, -0.2) is 39.2 Å². The van der Waals surface area contributed by atoms with Crippen LogP contribution in [-0.2, 0) is 11.3 Å². The molecule has 25 heavy (non-hydrogen) atoms. The number of hydrogen-bond acceptors (Lipinski definition) is 3. The third kappa shape index (κ3) is 3.09. The zero-order valence-electron chi connectivity index (χ0n) is 15.4. The number of nitrogens with zero attached hydrogens (tertiary/aromatic N) is 2. The highest BCUT2D eigenvalue weighted by Crippen LogP contribution is 2.38. The molecule has 0 radical (unpaired) electrons. The molecule has 2 aromatic rings. The number of para-hydroxylation sites is 1. The van der Waals surface area contributed by atoms with Crippen molar-refractivity contribution in [3.8, 4) is 0 Å². The van der Waals surface area contributed by atoms with Crippen molar-refractivity contribution in [1.29, 1.82) is 0 Å². The van der Waals surface area contributed by atoms with Crippen molar-refractivity contribution in [3.05, 3.63) is 46.2 Å². The van der Waals surface area contributed by atoms with Crippen molar-refractivity contribution < 1.29 is 9.90 Å². The van der Waals surface area contributed by atoms with Crippen LogP contribution in [0.2, 0.25) is 0 Å². The minimum absolute atomic E-state index is 0.0256. The van der Waals surface area contributed by atoms with Gasteiger partial charge in [-0.3, -0.25) is 14.2 Å². The van der Waals surface area contributed by atoms with Crippen molar-refractivity contribution in [1.82, 2.24) is 9.47 Å². The largest absolute Gasteiger partial charge is 0.389 e. The summed E-state index contributed by atoms with van der Waals surface area (Å²) in [5.74, 6) is -0.0836. The lowest BCUT2D eigenvalue weighted by Gasteiger charge is -2.48. The predicted molar refractivity (Wildman–Crippen MR) is 98.5 cm³/mol. The zero-order chi connectivity index (χ0) is 18.4. The predicted octanol–water partition coefficient (Wildman–Crippen LogP) is 2.32. The molecule has 5 nitrogen and oxygen atoms in total. The molecule has 1 N–H and O–H groups in total. The molecular weight excluding hydrogens is 316 g/mol. The molecular formula is C20H26N2O3. The second-order valence-corrected chi connectivity index (χ2v) is 7.99. The summed E-state index contributed by atoms with van der Waals surface area (Å²) in [7, 11) is 0. The van der Waals surface area contributed by atoms with Crippen LogP contribution in [0.1, 0.15) is 32.8 Å². The third-order valence-electron chi connectivity index (χ3n) is 5.78. The van der Waals surface area contributed by atoms with Crippen LogP contribution in [0.15, 0.2) is 35.1 Å². The highest BCUT2D eigenvalue weighted by molar-refractivity contribution is 5.84. The minimum atomic E-state index is -0.794. The monoisotopic (exact) mass is 342 g/mol. The molecule has 1 aromatic carbocycles. The van der Waals surface area contributed by atoms with Crippen LogP contribution in [0.4, 0.5) is 0 Å². The molecule has 134 valence electrons. The van der Waals surface area contributed by atoms with Crippen LogP contribution in [0.3, 0.4) is 0 Å². The summed E-state index contributed by atoms with van der Waals surface area (Å²) in [4.78, 5) is 27.0. The Kier molecular flexibility index (Phi) is 4.23. The molecule has 0 spiro atoms. The lowest BCUT2D eigenvalue weighted by atomic mass is 9.71. The van der Waals surface area contributed by atoms with Gasteiger partial charge in [0, 0.05) is 30.0 Å². The van der Waals surface area contributed by atoms with Crippen LogP contribution < -0.4 is 5.56 Å². The molecule has 1 aliphatic rings. The number of likely N-dealkylation sites (tertiary alicyclic amines) is 1. The Bertz CT molecular complexity index is 880. The number of amides is 1. The molecule has 1 saturated heterocycles. The van der Waals surface area contributed by atoms with Crippen molar-refractivity contribution in [2.75, 3.05) is 13.1 Å². The second-order valence-electron chi connectivity index (χ2n) is 7.99. The highest BCUT2D eigenvalue weighted by atomic mass is 16.3. The van der Waals surface area contributed by atoms with E-state index in [2.05, 4.69) is 0 Å². The van der Waals surface area contributed by atoms with E-state index in [0.29, 0.717) is 19.5 Å². The number of carbonyl (C=O) groups is 1. The van der Waals surface area contributed by atoms with Crippen LogP contribution >= 0.6 is 0 Å². The van der Waals surface area contributed by atoms with Gasteiger partial charge in [0.25, 0.3) is 5.56 Å². The van der Waals surface area contributed by atoms with E-state index in [1.165, 1.54) is 0 Å². The Labute approximate surface area is 147 Å². The lowest BCUT2D eigenvalue weighted by Crippen LogP contribution is -2.57. The molecule has 1 aromatic heterocycles. The topological polar surface area (TPSA) is 62.5 Å². The summed E-state index contributed by atoms with van der Waals surface area (Å²) in [6, 6.07) is 9.24. The van der Waals surface area contributed by atoms with Crippen molar-refractivity contribution in [3.63, 3.8) is 0 Å². The SMILES string of the molecule is Cc1cc(=O)n(CC(=O)N2CC[C@@](C)(O)C(C)(C)C2)c2ccccc12. The van der Waals surface area contributed by atoms with Gasteiger partial charge in [0.05, 0.1) is 11.1 Å². The van der Waals surface area contributed by atoms with Gasteiger partial charge in [0.2, 0.25) is 5.91 Å². The molecule has 0 unspecified atom stereocenters. The fraction of sp³-hybridized carbons (Fsp3) is 0.500. The summed E-state index contributed by atoms with van der Waals surface area (Å²) < 4.78 is 1.55. The third-order valence-corrected chi connectivity index (χ3v) is 5.78. The summed E-state index contributed by atoms with van der Waals surface area (Å²) in [6.45, 7) is 8.70. The number of rotatable bonds is 2. The van der Waals surface area contributed by atoms with E-state index in [4.69, 9.17) is 0 Å². The maximum absolute atomic E-state index is 12.8. The number of piperidine rings is 1. The first-order valence-corrected chi connectivity index (χ1v) is 8.72. The lowest BCUT2D eigenvalue weighted by molar-refractivity contribution is -0.147. The quantitative estimate of drug-likeness (QED) is 0.911.